The van der Waals surface area contributed by atoms with Gasteiger partial charge in [0.2, 0.25) is 0 Å². The molecule has 0 spiro atoms. The minimum Gasteiger partial charge on any atom is -0.309 e. The van der Waals surface area contributed by atoms with Crippen molar-refractivity contribution < 1.29 is 9.36 Å². The van der Waals surface area contributed by atoms with Crippen LogP contribution in [-0.2, 0) is 36.7 Å². The van der Waals surface area contributed by atoms with Gasteiger partial charge < -0.3 is 4.57 Å². The number of thiophene rings is 2. The fraction of sp³-hybridized carbons (Fsp3) is 0.116. The molecule has 0 N–H and O–H groups in total. The minimum atomic E-state index is -2.98. The van der Waals surface area contributed by atoms with Crippen LogP contribution in [0.2, 0.25) is 0 Å². The molecule has 12 rings (SSSR count). The Morgan fingerprint density at radius 2 is 0.730 bits per heavy atom. The summed E-state index contributed by atoms with van der Waals surface area (Å²) in [6.07, 6.45) is 6.75. The number of fused-ring (bicyclic) bond motifs is 6. The van der Waals surface area contributed by atoms with E-state index in [9.17, 15) is 9.36 Å². The predicted octanol–water partition coefficient (Wildman–Crippen LogP) is 17.3. The molecule has 0 saturated heterocycles. The number of carbonyl (C=O) groups excluding carboxylic acids is 1. The van der Waals surface area contributed by atoms with Gasteiger partial charge in [-0.3, -0.25) is 4.79 Å². The third-order valence-electron chi connectivity index (χ3n) is 14.8. The molecule has 0 aliphatic rings. The number of Topliss-reactive ketones (excluding diaryl/α,β-unsaturated/α-hetero) is 1. The molecular formula is C69H55O2PS2. The lowest BCUT2D eigenvalue weighted by Gasteiger charge is -2.20. The highest BCUT2D eigenvalue weighted by atomic mass is 32.1. The molecule has 0 radical (unpaired) electrons. The maximum Gasteiger partial charge on any atom is 0.171 e. The van der Waals surface area contributed by atoms with Gasteiger partial charge in [0.05, 0.1) is 5.92 Å². The van der Waals surface area contributed by atoms with E-state index in [0.717, 1.165) is 65.6 Å². The van der Waals surface area contributed by atoms with Crippen LogP contribution in [0.3, 0.4) is 0 Å². The Morgan fingerprint density at radius 3 is 1.22 bits per heavy atom. The van der Waals surface area contributed by atoms with E-state index in [1.54, 1.807) is 0 Å². The Morgan fingerprint density at radius 1 is 0.365 bits per heavy atom. The summed E-state index contributed by atoms with van der Waals surface area (Å²) in [5, 5.41) is 7.92. The van der Waals surface area contributed by atoms with Crippen LogP contribution in [0.25, 0.3) is 51.5 Å². The molecule has 2 nitrogen and oxygen atoms in total. The Labute approximate surface area is 442 Å². The van der Waals surface area contributed by atoms with Gasteiger partial charge in [-0.15, -0.1) is 22.7 Å². The molecule has 0 bridgehead atoms. The normalized spacial score (nSPS) is 12.2. The van der Waals surface area contributed by atoms with E-state index in [1.807, 2.05) is 132 Å². The van der Waals surface area contributed by atoms with Crippen molar-refractivity contribution in [3.63, 3.8) is 0 Å². The first-order valence-electron chi connectivity index (χ1n) is 25.9. The number of aryl methyl sites for hydroxylation is 4. The zero-order valence-electron chi connectivity index (χ0n) is 41.2. The van der Waals surface area contributed by atoms with Crippen LogP contribution in [0.15, 0.2) is 243 Å². The average Bonchev–Trinajstić information content (AvgIpc) is 4.02. The molecule has 1 atom stereocenters. The van der Waals surface area contributed by atoms with Crippen LogP contribution in [0, 0.1) is 0 Å². The summed E-state index contributed by atoms with van der Waals surface area (Å²) >= 11 is 3.76. The summed E-state index contributed by atoms with van der Waals surface area (Å²) in [4.78, 5) is 13.7. The van der Waals surface area contributed by atoms with Gasteiger partial charge in [-0.2, -0.15) is 0 Å². The summed E-state index contributed by atoms with van der Waals surface area (Å²) in [7, 11) is -2.98. The lowest BCUT2D eigenvalue weighted by molar-refractivity contribution is 0.0959. The monoisotopic (exact) mass is 1010 g/mol. The van der Waals surface area contributed by atoms with E-state index in [2.05, 4.69) is 133 Å². The molecule has 2 heterocycles. The smallest absolute Gasteiger partial charge is 0.171 e. The van der Waals surface area contributed by atoms with Crippen molar-refractivity contribution in [3.8, 4) is 11.1 Å². The molecule has 0 amide bonds. The van der Waals surface area contributed by atoms with Gasteiger partial charge in [0.15, 0.2) is 12.9 Å². The zero-order chi connectivity index (χ0) is 49.8. The van der Waals surface area contributed by atoms with Crippen molar-refractivity contribution in [2.24, 2.45) is 0 Å². The highest BCUT2D eigenvalue weighted by molar-refractivity contribution is 7.85. The second kappa shape index (κ2) is 21.2. The van der Waals surface area contributed by atoms with Gasteiger partial charge in [0.25, 0.3) is 0 Å². The first kappa shape index (κ1) is 47.5. The maximum absolute atomic E-state index is 14.8. The maximum atomic E-state index is 14.8. The van der Waals surface area contributed by atoms with Crippen molar-refractivity contribution in [1.29, 1.82) is 0 Å². The number of benzene rings is 10. The van der Waals surface area contributed by atoms with Crippen LogP contribution in [0.4, 0.5) is 0 Å². The third-order valence-corrected chi connectivity index (χ3v) is 20.2. The van der Waals surface area contributed by atoms with Crippen molar-refractivity contribution in [2.45, 2.75) is 50.9 Å². The van der Waals surface area contributed by atoms with Crippen LogP contribution >= 0.6 is 29.8 Å². The fourth-order valence-corrected chi connectivity index (χ4v) is 15.6. The van der Waals surface area contributed by atoms with E-state index in [-0.39, 0.29) is 11.7 Å². The number of ketones is 1. The molecule has 0 saturated carbocycles. The topological polar surface area (TPSA) is 34.1 Å². The highest BCUT2D eigenvalue weighted by Gasteiger charge is 2.29. The molecule has 12 aromatic rings. The van der Waals surface area contributed by atoms with Crippen LogP contribution in [-0.4, -0.2) is 5.78 Å². The second-order valence-corrected chi connectivity index (χ2v) is 24.6. The van der Waals surface area contributed by atoms with Crippen molar-refractivity contribution in [1.82, 2.24) is 0 Å². The standard InChI is InChI=1S/C69H55O2PS2/c70-69(54-21-7-2-8-22-54)60(53-19-5-1-6-20-53)43-52-29-27-48(28-30-52)15-13-17-50-33-39-65-61(44-50)63-46-55(35-41-67(63)73-65)56-36-42-68-64(47-56)62-45-51(34-40-66(62)74-68)18-14-16-49-31-37-59(38-32-49)72(71,57-23-9-3-10-24-57)58-25-11-4-12-26-58/h1-12,19-42,44-47,60H,13-18,43H2. The SMILES string of the molecule is O=C(c1ccccc1)C(Cc1ccc(CCCc2ccc3sc4ccc(-c5ccc6sc7ccc(CCCc8ccc(P(=O)(c9ccccc9)c9ccccc9)cc8)cc7c6c5)cc4c3c2)cc1)c1ccccc1. The quantitative estimate of drug-likeness (QED) is 0.0673. The van der Waals surface area contributed by atoms with Gasteiger partial charge >= 0.3 is 0 Å². The highest BCUT2D eigenvalue weighted by Crippen LogP contribution is 2.43. The molecule has 1 unspecified atom stereocenters. The minimum absolute atomic E-state index is 0.164. The molecule has 74 heavy (non-hydrogen) atoms. The van der Waals surface area contributed by atoms with E-state index in [0.29, 0.717) is 6.42 Å². The summed E-state index contributed by atoms with van der Waals surface area (Å²) in [6.45, 7) is 0. The van der Waals surface area contributed by atoms with Gasteiger partial charge in [0.1, 0.15) is 0 Å². The first-order valence-corrected chi connectivity index (χ1v) is 29.2. The Bertz CT molecular complexity index is 3910. The Hall–Kier alpha value is -7.46. The molecule has 10 aromatic carbocycles. The van der Waals surface area contributed by atoms with E-state index < -0.39 is 7.14 Å². The first-order chi connectivity index (χ1) is 36.4. The van der Waals surface area contributed by atoms with Crippen molar-refractivity contribution in [2.75, 3.05) is 0 Å². The van der Waals surface area contributed by atoms with Crippen LogP contribution in [0.1, 0.15) is 62.5 Å². The number of carbonyl (C=O) groups is 1. The molecule has 0 fully saturated rings. The lowest BCUT2D eigenvalue weighted by atomic mass is 9.85. The molecule has 2 aromatic heterocycles. The number of hydrogen-bond donors (Lipinski definition) is 0. The molecule has 5 heteroatoms. The largest absolute Gasteiger partial charge is 0.309 e. The lowest BCUT2D eigenvalue weighted by Crippen LogP contribution is -2.24. The van der Waals surface area contributed by atoms with Crippen LogP contribution in [0.5, 0.6) is 0 Å². The van der Waals surface area contributed by atoms with Gasteiger partial charge in [-0.1, -0.05) is 194 Å². The molecular weight excluding hydrogens is 956 g/mol. The third kappa shape index (κ3) is 9.86. The summed E-state index contributed by atoms with van der Waals surface area (Å²) in [5.74, 6) is -0.0586. The number of rotatable bonds is 17. The van der Waals surface area contributed by atoms with E-state index in [1.165, 1.54) is 79.3 Å². The van der Waals surface area contributed by atoms with Gasteiger partial charge in [-0.25, -0.2) is 0 Å². The predicted molar refractivity (Wildman–Crippen MR) is 318 cm³/mol. The zero-order valence-corrected chi connectivity index (χ0v) is 43.7. The van der Waals surface area contributed by atoms with E-state index in [4.69, 9.17) is 0 Å². The summed E-state index contributed by atoms with van der Waals surface area (Å²) in [6, 6.07) is 85.2. The summed E-state index contributed by atoms with van der Waals surface area (Å²) < 4.78 is 20.1. The average molecular weight is 1010 g/mol. The molecule has 0 aliphatic heterocycles. The number of hydrogen-bond acceptors (Lipinski definition) is 4. The van der Waals surface area contributed by atoms with Crippen molar-refractivity contribution >= 4 is 91.9 Å². The fourth-order valence-electron chi connectivity index (χ4n) is 10.8. The summed E-state index contributed by atoms with van der Waals surface area (Å²) in [5.41, 5.74) is 10.8. The second-order valence-electron chi connectivity index (χ2n) is 19.7. The molecule has 0 aliphatic carbocycles. The van der Waals surface area contributed by atoms with Gasteiger partial charge in [-0.05, 0) is 138 Å². The van der Waals surface area contributed by atoms with Gasteiger partial charge in [0, 0.05) is 61.8 Å². The Balaban J connectivity index is 0.709. The van der Waals surface area contributed by atoms with Crippen molar-refractivity contribution in [3.05, 3.63) is 282 Å². The van der Waals surface area contributed by atoms with Crippen LogP contribution < -0.4 is 15.9 Å². The molecule has 360 valence electrons. The Kier molecular flexibility index (Phi) is 13.6. The van der Waals surface area contributed by atoms with E-state index >= 15 is 0 Å².